The van der Waals surface area contributed by atoms with Crippen LogP contribution in [0.3, 0.4) is 0 Å². The molecule has 154 valence electrons. The predicted octanol–water partition coefficient (Wildman–Crippen LogP) is 3.64. The van der Waals surface area contributed by atoms with Gasteiger partial charge < -0.3 is 4.74 Å². The lowest BCUT2D eigenvalue weighted by molar-refractivity contribution is -0.136. The molecule has 0 atom stereocenters. The molecule has 3 rings (SSSR count). The largest absolute Gasteiger partial charge is 0.453 e. The summed E-state index contributed by atoms with van der Waals surface area (Å²) >= 11 is 0. The highest BCUT2D eigenvalue weighted by atomic mass is 16.5. The molecule has 0 aliphatic rings. The number of aromatic nitrogens is 4. The maximum atomic E-state index is 12.8. The van der Waals surface area contributed by atoms with Gasteiger partial charge in [-0.25, -0.2) is 4.79 Å². The molecule has 0 aliphatic carbocycles. The van der Waals surface area contributed by atoms with E-state index in [-0.39, 0.29) is 18.1 Å². The van der Waals surface area contributed by atoms with E-state index in [2.05, 4.69) is 15.5 Å². The average Bonchev–Trinajstić information content (AvgIpc) is 3.17. The van der Waals surface area contributed by atoms with Gasteiger partial charge in [-0.3, -0.25) is 4.79 Å². The first kappa shape index (κ1) is 21.1. The number of tetrazole rings is 1. The first-order chi connectivity index (χ1) is 14.3. The quantitative estimate of drug-likeness (QED) is 0.354. The van der Waals surface area contributed by atoms with E-state index < -0.39 is 5.97 Å². The standard InChI is InChI=1S/C23H24N4O3/c1-14-11-20(17(4)16(3)15(14)2)22(28)13-30-23(29)21(27-18(5)24-25-26-27)12-19-9-7-6-8-10-19/h6-12H,13H2,1-5H3/b21-12-. The van der Waals surface area contributed by atoms with Gasteiger partial charge in [0.05, 0.1) is 0 Å². The maximum Gasteiger partial charge on any atom is 0.357 e. The highest BCUT2D eigenvalue weighted by Gasteiger charge is 2.21. The molecule has 3 aromatic rings. The van der Waals surface area contributed by atoms with Gasteiger partial charge in [0.1, 0.15) is 0 Å². The van der Waals surface area contributed by atoms with Crippen LogP contribution in [-0.4, -0.2) is 38.6 Å². The van der Waals surface area contributed by atoms with Gasteiger partial charge in [0.15, 0.2) is 18.1 Å². The molecule has 0 bridgehead atoms. The molecule has 0 spiro atoms. The van der Waals surface area contributed by atoms with Crippen molar-refractivity contribution >= 4 is 23.5 Å². The molecule has 1 heterocycles. The van der Waals surface area contributed by atoms with Crippen LogP contribution in [0.5, 0.6) is 0 Å². The Morgan fingerprint density at radius 1 is 1.00 bits per heavy atom. The number of benzene rings is 2. The van der Waals surface area contributed by atoms with Crippen molar-refractivity contribution in [1.82, 2.24) is 20.2 Å². The van der Waals surface area contributed by atoms with Crippen molar-refractivity contribution in [2.24, 2.45) is 0 Å². The van der Waals surface area contributed by atoms with Crippen molar-refractivity contribution in [1.29, 1.82) is 0 Å². The van der Waals surface area contributed by atoms with Crippen molar-refractivity contribution in [2.75, 3.05) is 6.61 Å². The minimum absolute atomic E-state index is 0.129. The number of hydrogen-bond donors (Lipinski definition) is 0. The van der Waals surface area contributed by atoms with E-state index in [1.807, 2.05) is 64.1 Å². The van der Waals surface area contributed by atoms with Crippen LogP contribution in [0, 0.1) is 34.6 Å². The monoisotopic (exact) mass is 404 g/mol. The van der Waals surface area contributed by atoms with Gasteiger partial charge in [-0.2, -0.15) is 4.68 Å². The van der Waals surface area contributed by atoms with Gasteiger partial charge in [0.25, 0.3) is 0 Å². The van der Waals surface area contributed by atoms with Crippen molar-refractivity contribution in [3.8, 4) is 0 Å². The molecule has 7 nitrogen and oxygen atoms in total. The molecular formula is C23H24N4O3. The number of aryl methyl sites for hydroxylation is 2. The molecule has 7 heteroatoms. The van der Waals surface area contributed by atoms with Gasteiger partial charge in [-0.05, 0) is 85.0 Å². The topological polar surface area (TPSA) is 87.0 Å². The van der Waals surface area contributed by atoms with E-state index in [9.17, 15) is 9.59 Å². The third-order valence-electron chi connectivity index (χ3n) is 5.28. The molecule has 2 aromatic carbocycles. The number of rotatable bonds is 6. The lowest BCUT2D eigenvalue weighted by Gasteiger charge is -2.14. The Balaban J connectivity index is 1.85. The number of nitrogens with zero attached hydrogens (tertiary/aromatic N) is 4. The van der Waals surface area contributed by atoms with Crippen molar-refractivity contribution in [3.63, 3.8) is 0 Å². The summed E-state index contributed by atoms with van der Waals surface area (Å²) in [7, 11) is 0. The second kappa shape index (κ2) is 8.82. The molecule has 1 aromatic heterocycles. The van der Waals surface area contributed by atoms with Gasteiger partial charge in [-0.1, -0.05) is 30.3 Å². The van der Waals surface area contributed by atoms with Crippen LogP contribution >= 0.6 is 0 Å². The maximum absolute atomic E-state index is 12.8. The molecule has 0 amide bonds. The Morgan fingerprint density at radius 3 is 2.33 bits per heavy atom. The smallest absolute Gasteiger partial charge is 0.357 e. The third-order valence-corrected chi connectivity index (χ3v) is 5.28. The van der Waals surface area contributed by atoms with Crippen LogP contribution < -0.4 is 0 Å². The number of hydrogen-bond acceptors (Lipinski definition) is 6. The fourth-order valence-electron chi connectivity index (χ4n) is 3.15. The number of carbonyl (C=O) groups excluding carboxylic acids is 2. The van der Waals surface area contributed by atoms with Gasteiger partial charge in [-0.15, -0.1) is 5.10 Å². The number of Topliss-reactive ketones (excluding diaryl/α,β-unsaturated/α-hetero) is 1. The van der Waals surface area contributed by atoms with Crippen molar-refractivity contribution in [2.45, 2.75) is 34.6 Å². The Morgan fingerprint density at radius 2 is 1.70 bits per heavy atom. The van der Waals surface area contributed by atoms with Crippen molar-refractivity contribution < 1.29 is 14.3 Å². The molecular weight excluding hydrogens is 380 g/mol. The highest BCUT2D eigenvalue weighted by Crippen LogP contribution is 2.22. The predicted molar refractivity (Wildman–Crippen MR) is 114 cm³/mol. The SMILES string of the molecule is Cc1cc(C(=O)COC(=O)/C(=C/c2ccccc2)n2nnnc2C)c(C)c(C)c1C. The van der Waals surface area contributed by atoms with E-state index >= 15 is 0 Å². The number of ether oxygens (including phenoxy) is 1. The molecule has 30 heavy (non-hydrogen) atoms. The van der Waals surface area contributed by atoms with Crippen LogP contribution in [0.15, 0.2) is 36.4 Å². The van der Waals surface area contributed by atoms with E-state index in [4.69, 9.17) is 4.74 Å². The van der Waals surface area contributed by atoms with E-state index in [1.54, 1.807) is 13.0 Å². The number of carbonyl (C=O) groups is 2. The summed E-state index contributed by atoms with van der Waals surface area (Å²) in [6.45, 7) is 9.20. The molecule has 0 saturated carbocycles. The molecule has 0 unspecified atom stereocenters. The Hall–Kier alpha value is -3.61. The van der Waals surface area contributed by atoms with Crippen LogP contribution in [0.25, 0.3) is 11.8 Å². The fraction of sp³-hybridized carbons (Fsp3) is 0.261. The highest BCUT2D eigenvalue weighted by molar-refractivity contribution is 6.16. The zero-order chi connectivity index (χ0) is 21.8. The summed E-state index contributed by atoms with van der Waals surface area (Å²) in [5.74, 6) is -0.499. The van der Waals surface area contributed by atoms with E-state index in [0.717, 1.165) is 27.8 Å². The second-order valence-corrected chi connectivity index (χ2v) is 7.19. The first-order valence-corrected chi connectivity index (χ1v) is 9.59. The Bertz CT molecular complexity index is 1130. The lowest BCUT2D eigenvalue weighted by Crippen LogP contribution is -2.20. The van der Waals surface area contributed by atoms with Crippen LogP contribution in [0.1, 0.15) is 44.0 Å². The molecule has 0 aliphatic heterocycles. The zero-order valence-electron chi connectivity index (χ0n) is 17.8. The summed E-state index contributed by atoms with van der Waals surface area (Å²) in [5, 5.41) is 11.3. The minimum atomic E-state index is -0.680. The lowest BCUT2D eigenvalue weighted by atomic mass is 9.93. The zero-order valence-corrected chi connectivity index (χ0v) is 17.8. The van der Waals surface area contributed by atoms with Crippen LogP contribution in [0.4, 0.5) is 0 Å². The first-order valence-electron chi connectivity index (χ1n) is 9.59. The summed E-state index contributed by atoms with van der Waals surface area (Å²) in [4.78, 5) is 25.6. The van der Waals surface area contributed by atoms with Gasteiger partial charge in [0, 0.05) is 5.56 Å². The number of ketones is 1. The third kappa shape index (κ3) is 4.35. The fourth-order valence-corrected chi connectivity index (χ4v) is 3.15. The molecule has 0 fully saturated rings. The normalized spacial score (nSPS) is 11.4. The molecule has 0 radical (unpaired) electrons. The van der Waals surface area contributed by atoms with Crippen LogP contribution in [0.2, 0.25) is 0 Å². The average molecular weight is 404 g/mol. The second-order valence-electron chi connectivity index (χ2n) is 7.19. The summed E-state index contributed by atoms with van der Waals surface area (Å²) in [5.41, 5.74) is 5.63. The molecule has 0 saturated heterocycles. The van der Waals surface area contributed by atoms with Crippen molar-refractivity contribution in [3.05, 3.63) is 75.6 Å². The molecule has 0 N–H and O–H groups in total. The minimum Gasteiger partial charge on any atom is -0.453 e. The Kier molecular flexibility index (Phi) is 6.20. The number of esters is 1. The summed E-state index contributed by atoms with van der Waals surface area (Å²) < 4.78 is 6.66. The van der Waals surface area contributed by atoms with Gasteiger partial charge in [0.2, 0.25) is 5.78 Å². The van der Waals surface area contributed by atoms with Gasteiger partial charge >= 0.3 is 5.97 Å². The van der Waals surface area contributed by atoms with E-state index in [1.165, 1.54) is 4.68 Å². The van der Waals surface area contributed by atoms with Crippen LogP contribution in [-0.2, 0) is 9.53 Å². The summed E-state index contributed by atoms with van der Waals surface area (Å²) in [6.07, 6.45) is 1.63. The summed E-state index contributed by atoms with van der Waals surface area (Å²) in [6, 6.07) is 11.1. The Labute approximate surface area is 175 Å². The van der Waals surface area contributed by atoms with E-state index in [0.29, 0.717) is 11.4 Å².